The number of para-hydroxylation sites is 1. The van der Waals surface area contributed by atoms with Crippen LogP contribution in [-0.2, 0) is 9.53 Å². The summed E-state index contributed by atoms with van der Waals surface area (Å²) in [4.78, 5) is 22.9. The summed E-state index contributed by atoms with van der Waals surface area (Å²) in [5.74, 6) is 0.633. The lowest BCUT2D eigenvalue weighted by Gasteiger charge is -2.01. The van der Waals surface area contributed by atoms with E-state index < -0.39 is 10.9 Å². The van der Waals surface area contributed by atoms with Crippen molar-refractivity contribution in [2.45, 2.75) is 0 Å². The number of nitro groups is 1. The average Bonchev–Trinajstić information content (AvgIpc) is 3.30. The van der Waals surface area contributed by atoms with Crippen molar-refractivity contribution in [3.8, 4) is 11.3 Å². The van der Waals surface area contributed by atoms with E-state index in [0.717, 1.165) is 5.56 Å². The Kier molecular flexibility index (Phi) is 4.55. The van der Waals surface area contributed by atoms with E-state index >= 15 is 0 Å². The highest BCUT2D eigenvalue weighted by Crippen LogP contribution is 2.33. The van der Waals surface area contributed by atoms with E-state index in [1.165, 1.54) is 12.1 Å². The van der Waals surface area contributed by atoms with Gasteiger partial charge in [0.15, 0.2) is 0 Å². The SMILES string of the molecule is O=C1OC(c2ccc(Cl)cc2)=CC1=Cc1ccc(-c2ccccc2[N+](=O)[O-])o1. The highest BCUT2D eigenvalue weighted by molar-refractivity contribution is 6.30. The molecule has 4 rings (SSSR count). The van der Waals surface area contributed by atoms with Gasteiger partial charge in [-0.1, -0.05) is 23.7 Å². The molecule has 0 bridgehead atoms. The third kappa shape index (κ3) is 3.45. The number of nitro benzene ring substituents is 1. The number of hydrogen-bond acceptors (Lipinski definition) is 5. The lowest BCUT2D eigenvalue weighted by atomic mass is 10.1. The Bertz CT molecular complexity index is 1140. The zero-order valence-electron chi connectivity index (χ0n) is 14.3. The first-order valence-corrected chi connectivity index (χ1v) is 8.64. The number of nitrogens with zero attached hydrogens (tertiary/aromatic N) is 1. The van der Waals surface area contributed by atoms with E-state index in [2.05, 4.69) is 0 Å². The Balaban J connectivity index is 1.65. The van der Waals surface area contributed by atoms with Crippen LogP contribution in [0, 0.1) is 10.1 Å². The number of rotatable bonds is 4. The molecule has 0 amide bonds. The molecule has 2 aromatic carbocycles. The van der Waals surface area contributed by atoms with Crippen LogP contribution in [0.2, 0.25) is 5.02 Å². The van der Waals surface area contributed by atoms with E-state index in [0.29, 0.717) is 33.4 Å². The zero-order chi connectivity index (χ0) is 19.7. The first-order valence-electron chi connectivity index (χ1n) is 8.26. The van der Waals surface area contributed by atoms with Crippen LogP contribution < -0.4 is 0 Å². The summed E-state index contributed by atoms with van der Waals surface area (Å²) >= 11 is 5.87. The minimum atomic E-state index is -0.506. The molecule has 1 aliphatic rings. The second-order valence-electron chi connectivity index (χ2n) is 5.98. The number of esters is 1. The second kappa shape index (κ2) is 7.17. The van der Waals surface area contributed by atoms with Crippen LogP contribution in [0.25, 0.3) is 23.2 Å². The van der Waals surface area contributed by atoms with Crippen molar-refractivity contribution < 1.29 is 18.9 Å². The quantitative estimate of drug-likeness (QED) is 0.253. The van der Waals surface area contributed by atoms with Crippen molar-refractivity contribution in [2.24, 2.45) is 0 Å². The number of halogens is 1. The molecule has 0 N–H and O–H groups in total. The summed E-state index contributed by atoms with van der Waals surface area (Å²) in [5, 5.41) is 11.8. The van der Waals surface area contributed by atoms with Crippen LogP contribution in [-0.4, -0.2) is 10.9 Å². The molecule has 6 nitrogen and oxygen atoms in total. The van der Waals surface area contributed by atoms with E-state index in [1.807, 2.05) is 0 Å². The summed E-state index contributed by atoms with van der Waals surface area (Å²) in [6, 6.07) is 16.5. The largest absolute Gasteiger partial charge is 0.456 e. The predicted molar refractivity (Wildman–Crippen MR) is 104 cm³/mol. The van der Waals surface area contributed by atoms with Gasteiger partial charge in [0.2, 0.25) is 0 Å². The maximum atomic E-state index is 12.1. The molecule has 0 radical (unpaired) electrons. The topological polar surface area (TPSA) is 82.6 Å². The van der Waals surface area contributed by atoms with Crippen molar-refractivity contribution in [1.29, 1.82) is 0 Å². The molecule has 0 aliphatic carbocycles. The molecule has 0 saturated heterocycles. The fraction of sp³-hybridized carbons (Fsp3) is 0. The normalized spacial score (nSPS) is 14.8. The summed E-state index contributed by atoms with van der Waals surface area (Å²) in [5.41, 5.74) is 1.35. The van der Waals surface area contributed by atoms with Gasteiger partial charge in [-0.2, -0.15) is 0 Å². The Labute approximate surface area is 164 Å². The molecule has 138 valence electrons. The molecule has 1 aliphatic heterocycles. The third-order valence-electron chi connectivity index (χ3n) is 4.14. The predicted octanol–water partition coefficient (Wildman–Crippen LogP) is 5.49. The molecule has 0 unspecified atom stereocenters. The van der Waals surface area contributed by atoms with Crippen LogP contribution in [0.3, 0.4) is 0 Å². The minimum Gasteiger partial charge on any atom is -0.456 e. The smallest absolute Gasteiger partial charge is 0.343 e. The number of cyclic esters (lactones) is 1. The molecule has 0 fully saturated rings. The minimum absolute atomic E-state index is 0.0544. The van der Waals surface area contributed by atoms with Gasteiger partial charge in [0.1, 0.15) is 17.3 Å². The average molecular weight is 394 g/mol. The Morgan fingerprint density at radius 1 is 1.00 bits per heavy atom. The maximum absolute atomic E-state index is 12.1. The summed E-state index contributed by atoms with van der Waals surface area (Å²) in [7, 11) is 0. The lowest BCUT2D eigenvalue weighted by Crippen LogP contribution is -1.96. The molecule has 0 saturated carbocycles. The fourth-order valence-electron chi connectivity index (χ4n) is 2.82. The van der Waals surface area contributed by atoms with E-state index in [-0.39, 0.29) is 5.69 Å². The highest BCUT2D eigenvalue weighted by Gasteiger charge is 2.23. The Morgan fingerprint density at radius 3 is 2.50 bits per heavy atom. The van der Waals surface area contributed by atoms with Crippen molar-refractivity contribution in [1.82, 2.24) is 0 Å². The van der Waals surface area contributed by atoms with Crippen LogP contribution in [0.1, 0.15) is 11.3 Å². The number of furan rings is 1. The van der Waals surface area contributed by atoms with Gasteiger partial charge in [-0.05, 0) is 54.6 Å². The molecule has 1 aromatic heterocycles. The van der Waals surface area contributed by atoms with Gasteiger partial charge in [0.05, 0.1) is 16.1 Å². The monoisotopic (exact) mass is 393 g/mol. The summed E-state index contributed by atoms with van der Waals surface area (Å²) in [6.45, 7) is 0. The maximum Gasteiger partial charge on any atom is 0.343 e. The number of benzene rings is 2. The molecular formula is C21H12ClNO5. The molecule has 0 atom stereocenters. The van der Waals surface area contributed by atoms with Crippen LogP contribution in [0.15, 0.2) is 76.7 Å². The van der Waals surface area contributed by atoms with Gasteiger partial charge >= 0.3 is 5.97 Å². The number of hydrogen-bond donors (Lipinski definition) is 0. The van der Waals surface area contributed by atoms with Gasteiger partial charge in [-0.25, -0.2) is 4.79 Å². The third-order valence-corrected chi connectivity index (χ3v) is 4.40. The van der Waals surface area contributed by atoms with E-state index in [4.69, 9.17) is 20.8 Å². The van der Waals surface area contributed by atoms with Gasteiger partial charge < -0.3 is 9.15 Å². The van der Waals surface area contributed by atoms with Crippen LogP contribution in [0.4, 0.5) is 5.69 Å². The molecule has 2 heterocycles. The molecular weight excluding hydrogens is 382 g/mol. The Hall–Kier alpha value is -3.64. The molecule has 3 aromatic rings. The van der Waals surface area contributed by atoms with Crippen molar-refractivity contribution in [3.05, 3.63) is 98.8 Å². The molecule has 28 heavy (non-hydrogen) atoms. The highest BCUT2D eigenvalue weighted by atomic mass is 35.5. The molecule has 7 heteroatoms. The standard InChI is InChI=1S/C21H12ClNO5/c22-15-7-5-13(6-8-15)20-12-14(21(24)28-20)11-16-9-10-19(27-16)17-3-1-2-4-18(17)23(25)26/h1-12H. The van der Waals surface area contributed by atoms with Gasteiger partial charge in [-0.3, -0.25) is 10.1 Å². The van der Waals surface area contributed by atoms with Gasteiger partial charge in [-0.15, -0.1) is 0 Å². The first-order chi connectivity index (χ1) is 13.5. The van der Waals surface area contributed by atoms with Crippen molar-refractivity contribution in [3.63, 3.8) is 0 Å². The van der Waals surface area contributed by atoms with Gasteiger partial charge in [0.25, 0.3) is 5.69 Å². The van der Waals surface area contributed by atoms with Crippen molar-refractivity contribution in [2.75, 3.05) is 0 Å². The first kappa shape index (κ1) is 17.8. The summed E-state index contributed by atoms with van der Waals surface area (Å²) in [6.07, 6.45) is 3.14. The van der Waals surface area contributed by atoms with Crippen LogP contribution >= 0.6 is 11.6 Å². The number of carbonyl (C=O) groups is 1. The van der Waals surface area contributed by atoms with E-state index in [1.54, 1.807) is 60.7 Å². The second-order valence-corrected chi connectivity index (χ2v) is 6.42. The van der Waals surface area contributed by atoms with E-state index in [9.17, 15) is 14.9 Å². The summed E-state index contributed by atoms with van der Waals surface area (Å²) < 4.78 is 11.0. The lowest BCUT2D eigenvalue weighted by molar-refractivity contribution is -0.384. The van der Waals surface area contributed by atoms with Crippen LogP contribution in [0.5, 0.6) is 0 Å². The zero-order valence-corrected chi connectivity index (χ0v) is 15.1. The Morgan fingerprint density at radius 2 is 1.75 bits per heavy atom. The fourth-order valence-corrected chi connectivity index (χ4v) is 2.94. The van der Waals surface area contributed by atoms with Crippen molar-refractivity contribution >= 4 is 35.1 Å². The molecule has 0 spiro atoms. The van der Waals surface area contributed by atoms with Gasteiger partial charge in [0, 0.05) is 16.7 Å². The number of ether oxygens (including phenoxy) is 1. The number of carbonyl (C=O) groups excluding carboxylic acids is 1.